The minimum atomic E-state index is -0.624. The van der Waals surface area contributed by atoms with Crippen LogP contribution in [0.2, 0.25) is 0 Å². The van der Waals surface area contributed by atoms with Crippen LogP contribution in [-0.2, 0) is 11.3 Å². The maximum atomic E-state index is 12.6. The number of aromatic nitrogens is 2. The van der Waals surface area contributed by atoms with E-state index in [9.17, 15) is 14.4 Å². The Morgan fingerprint density at radius 2 is 1.96 bits per heavy atom. The lowest BCUT2D eigenvalue weighted by molar-refractivity contribution is -0.124. The predicted octanol–water partition coefficient (Wildman–Crippen LogP) is 1.32. The molecule has 1 aromatic heterocycles. The Hall–Kier alpha value is -2.83. The second-order valence-corrected chi connectivity index (χ2v) is 6.28. The number of anilines is 2. The fourth-order valence-corrected chi connectivity index (χ4v) is 3.06. The van der Waals surface area contributed by atoms with Gasteiger partial charge in [0.25, 0.3) is 5.56 Å². The van der Waals surface area contributed by atoms with E-state index in [0.717, 1.165) is 24.8 Å². The monoisotopic (exact) mass is 342 g/mol. The normalized spacial score (nSPS) is 14.1. The first-order chi connectivity index (χ1) is 12.0. The fraction of sp³-hybridized carbons (Fsp3) is 0.389. The summed E-state index contributed by atoms with van der Waals surface area (Å²) >= 11 is 0. The number of H-pyrrole nitrogens is 1. The molecule has 0 atom stereocenters. The van der Waals surface area contributed by atoms with Gasteiger partial charge in [-0.15, -0.1) is 0 Å². The van der Waals surface area contributed by atoms with Gasteiger partial charge >= 0.3 is 5.69 Å². The summed E-state index contributed by atoms with van der Waals surface area (Å²) < 4.78 is 1.29. The van der Waals surface area contributed by atoms with Gasteiger partial charge in [-0.2, -0.15) is 0 Å². The number of rotatable bonds is 5. The predicted molar refractivity (Wildman–Crippen MR) is 96.6 cm³/mol. The van der Waals surface area contributed by atoms with Crippen LogP contribution in [0, 0.1) is 5.92 Å². The number of nitrogen functional groups attached to an aromatic ring is 1. The molecule has 7 nitrogen and oxygen atoms in total. The SMILES string of the molecule is CCN(C(=O)C1CCC1)c1c(N)n(Cc2ccccc2)c(=O)[nH]c1=O. The average Bonchev–Trinajstić information content (AvgIpc) is 2.54. The summed E-state index contributed by atoms with van der Waals surface area (Å²) in [6.45, 7) is 2.35. The first-order valence-electron chi connectivity index (χ1n) is 8.50. The molecule has 132 valence electrons. The topological polar surface area (TPSA) is 101 Å². The van der Waals surface area contributed by atoms with Gasteiger partial charge < -0.3 is 10.6 Å². The van der Waals surface area contributed by atoms with E-state index in [0.29, 0.717) is 6.54 Å². The van der Waals surface area contributed by atoms with Crippen LogP contribution in [0.3, 0.4) is 0 Å². The number of benzene rings is 1. The Morgan fingerprint density at radius 1 is 1.28 bits per heavy atom. The van der Waals surface area contributed by atoms with Gasteiger partial charge in [-0.3, -0.25) is 19.1 Å². The summed E-state index contributed by atoms with van der Waals surface area (Å²) in [5.41, 5.74) is 5.89. The molecule has 0 saturated heterocycles. The number of hydrogen-bond acceptors (Lipinski definition) is 4. The maximum absolute atomic E-state index is 12.6. The molecule has 0 spiro atoms. The Labute approximate surface area is 145 Å². The summed E-state index contributed by atoms with van der Waals surface area (Å²) in [4.78, 5) is 40.9. The number of nitrogens with two attached hydrogens (primary N) is 1. The van der Waals surface area contributed by atoms with Crippen molar-refractivity contribution in [2.45, 2.75) is 32.7 Å². The molecule has 0 aliphatic heterocycles. The van der Waals surface area contributed by atoms with Crippen LogP contribution < -0.4 is 21.9 Å². The first-order valence-corrected chi connectivity index (χ1v) is 8.50. The molecule has 0 bridgehead atoms. The Kier molecular flexibility index (Phi) is 4.74. The number of amides is 1. The molecule has 25 heavy (non-hydrogen) atoms. The standard InChI is InChI=1S/C18H22N4O3/c1-2-21(17(24)13-9-6-10-13)14-15(19)22(18(25)20-16(14)23)11-12-7-4-3-5-8-12/h3-5,7-8,13H,2,6,9-11,19H2,1H3,(H,20,23,25). The molecule has 3 N–H and O–H groups in total. The second kappa shape index (κ2) is 6.96. The Morgan fingerprint density at radius 3 is 2.52 bits per heavy atom. The van der Waals surface area contributed by atoms with Crippen LogP contribution in [0.15, 0.2) is 39.9 Å². The highest BCUT2D eigenvalue weighted by molar-refractivity contribution is 5.97. The van der Waals surface area contributed by atoms with E-state index in [2.05, 4.69) is 4.98 Å². The summed E-state index contributed by atoms with van der Waals surface area (Å²) in [6.07, 6.45) is 2.68. The zero-order chi connectivity index (χ0) is 18.0. The van der Waals surface area contributed by atoms with Gasteiger partial charge in [-0.05, 0) is 25.3 Å². The van der Waals surface area contributed by atoms with Gasteiger partial charge in [0.1, 0.15) is 5.82 Å². The fourth-order valence-electron chi connectivity index (χ4n) is 3.06. The molecule has 1 aromatic carbocycles. The van der Waals surface area contributed by atoms with Crippen molar-refractivity contribution in [3.05, 3.63) is 56.7 Å². The summed E-state index contributed by atoms with van der Waals surface area (Å²) in [5.74, 6) is -0.142. The van der Waals surface area contributed by atoms with Crippen LogP contribution in [0.5, 0.6) is 0 Å². The molecule has 1 fully saturated rings. The van der Waals surface area contributed by atoms with Crippen molar-refractivity contribution in [3.63, 3.8) is 0 Å². The molecule has 2 aromatic rings. The maximum Gasteiger partial charge on any atom is 0.330 e. The highest BCUT2D eigenvalue weighted by Gasteiger charge is 2.32. The second-order valence-electron chi connectivity index (χ2n) is 6.28. The largest absolute Gasteiger partial charge is 0.383 e. The third-order valence-electron chi connectivity index (χ3n) is 4.70. The van der Waals surface area contributed by atoms with Crippen molar-refractivity contribution in [1.82, 2.24) is 9.55 Å². The van der Waals surface area contributed by atoms with Crippen molar-refractivity contribution in [1.29, 1.82) is 0 Å². The minimum Gasteiger partial charge on any atom is -0.383 e. The quantitative estimate of drug-likeness (QED) is 0.855. The van der Waals surface area contributed by atoms with Gasteiger partial charge in [0.2, 0.25) is 5.91 Å². The third-order valence-corrected chi connectivity index (χ3v) is 4.70. The van der Waals surface area contributed by atoms with E-state index >= 15 is 0 Å². The Bertz CT molecular complexity index is 881. The molecule has 0 radical (unpaired) electrons. The van der Waals surface area contributed by atoms with Crippen LogP contribution in [0.1, 0.15) is 31.7 Å². The van der Waals surface area contributed by atoms with Gasteiger partial charge in [-0.25, -0.2) is 4.79 Å². The zero-order valence-electron chi connectivity index (χ0n) is 14.2. The number of aromatic amines is 1. The van der Waals surface area contributed by atoms with Crippen molar-refractivity contribution < 1.29 is 4.79 Å². The molecule has 1 amide bonds. The van der Waals surface area contributed by atoms with Gasteiger partial charge in [0.05, 0.1) is 6.54 Å². The molecule has 0 unspecified atom stereocenters. The van der Waals surface area contributed by atoms with Crippen LogP contribution >= 0.6 is 0 Å². The number of nitrogens with zero attached hydrogens (tertiary/aromatic N) is 2. The number of hydrogen-bond donors (Lipinski definition) is 2. The van der Waals surface area contributed by atoms with Crippen molar-refractivity contribution in [2.75, 3.05) is 17.2 Å². The van der Waals surface area contributed by atoms with Gasteiger partial charge in [0, 0.05) is 12.5 Å². The molecular formula is C18H22N4O3. The highest BCUT2D eigenvalue weighted by Crippen LogP contribution is 2.30. The molecule has 1 heterocycles. The lowest BCUT2D eigenvalue weighted by Gasteiger charge is -2.31. The number of carbonyl (C=O) groups excluding carboxylic acids is 1. The van der Waals surface area contributed by atoms with E-state index in [1.54, 1.807) is 6.92 Å². The molecule has 7 heteroatoms. The van der Waals surface area contributed by atoms with Crippen LogP contribution in [0.25, 0.3) is 0 Å². The van der Waals surface area contributed by atoms with E-state index in [4.69, 9.17) is 5.73 Å². The molecule has 3 rings (SSSR count). The van der Waals surface area contributed by atoms with Gasteiger partial charge in [-0.1, -0.05) is 36.8 Å². The number of nitrogens with one attached hydrogen (secondary N) is 1. The smallest absolute Gasteiger partial charge is 0.330 e. The van der Waals surface area contributed by atoms with Crippen LogP contribution in [0.4, 0.5) is 11.5 Å². The lowest BCUT2D eigenvalue weighted by Crippen LogP contribution is -2.44. The lowest BCUT2D eigenvalue weighted by atomic mass is 9.84. The molecule has 1 saturated carbocycles. The van der Waals surface area contributed by atoms with Gasteiger partial charge in [0.15, 0.2) is 5.69 Å². The molecular weight excluding hydrogens is 320 g/mol. The van der Waals surface area contributed by atoms with E-state index in [1.807, 2.05) is 30.3 Å². The van der Waals surface area contributed by atoms with E-state index in [1.165, 1.54) is 9.47 Å². The average molecular weight is 342 g/mol. The first kappa shape index (κ1) is 17.0. The Balaban J connectivity index is 2.04. The summed E-state index contributed by atoms with van der Waals surface area (Å²) in [7, 11) is 0. The highest BCUT2D eigenvalue weighted by atomic mass is 16.2. The molecule has 1 aliphatic carbocycles. The van der Waals surface area contributed by atoms with Crippen molar-refractivity contribution in [2.24, 2.45) is 5.92 Å². The van der Waals surface area contributed by atoms with E-state index < -0.39 is 11.2 Å². The summed E-state index contributed by atoms with van der Waals surface area (Å²) in [6, 6.07) is 9.34. The minimum absolute atomic E-state index is 0.0205. The van der Waals surface area contributed by atoms with Crippen molar-refractivity contribution in [3.8, 4) is 0 Å². The third kappa shape index (κ3) is 3.22. The van der Waals surface area contributed by atoms with Crippen molar-refractivity contribution >= 4 is 17.4 Å². The van der Waals surface area contributed by atoms with Crippen LogP contribution in [-0.4, -0.2) is 22.0 Å². The summed E-state index contributed by atoms with van der Waals surface area (Å²) in [5, 5.41) is 0. The zero-order valence-corrected chi connectivity index (χ0v) is 14.2. The number of carbonyl (C=O) groups is 1. The van der Waals surface area contributed by atoms with E-state index in [-0.39, 0.29) is 29.9 Å². The molecule has 1 aliphatic rings.